The molecule has 1 unspecified atom stereocenters. The molecule has 0 aromatic heterocycles. The number of hydrogen-bond acceptors (Lipinski definition) is 5. The van der Waals surface area contributed by atoms with Gasteiger partial charge in [-0.3, -0.25) is 0 Å². The lowest BCUT2D eigenvalue weighted by molar-refractivity contribution is 0.247. The second-order valence-electron chi connectivity index (χ2n) is 5.36. The summed E-state index contributed by atoms with van der Waals surface area (Å²) in [7, 11) is 3.21. The van der Waals surface area contributed by atoms with Gasteiger partial charge in [0.25, 0.3) is 0 Å². The van der Waals surface area contributed by atoms with Crippen molar-refractivity contribution in [1.82, 2.24) is 0 Å². The van der Waals surface area contributed by atoms with Crippen molar-refractivity contribution < 1.29 is 14.6 Å². The van der Waals surface area contributed by atoms with Crippen LogP contribution in [0.1, 0.15) is 5.56 Å². The number of hydrogen-bond donors (Lipinski definition) is 2. The minimum atomic E-state index is -0.644. The Kier molecular flexibility index (Phi) is 4.12. The number of aliphatic hydroxyl groups is 1. The summed E-state index contributed by atoms with van der Waals surface area (Å²) in [5.74, 6) is 1.89. The van der Waals surface area contributed by atoms with Crippen molar-refractivity contribution in [3.8, 4) is 11.5 Å². The molecule has 120 valence electrons. The van der Waals surface area contributed by atoms with Crippen molar-refractivity contribution in [2.75, 3.05) is 25.7 Å². The standard InChI is InChI=1S/C18H20N2O3/c1-22-14-8-13(9-15(10-14)23-2)20-11-16(21)17(18(20)19)12-6-4-3-5-7-12/h3-10,16,21H,11,19H2,1-2H3. The normalized spacial score (nSPS) is 17.5. The largest absolute Gasteiger partial charge is 0.497 e. The zero-order chi connectivity index (χ0) is 16.4. The van der Waals surface area contributed by atoms with Gasteiger partial charge in [-0.15, -0.1) is 0 Å². The van der Waals surface area contributed by atoms with E-state index in [1.807, 2.05) is 47.4 Å². The van der Waals surface area contributed by atoms with Crippen LogP contribution in [0, 0.1) is 0 Å². The SMILES string of the molecule is COc1cc(OC)cc(N2CC(O)C(c3ccccc3)=C2N)c1. The first-order valence-electron chi connectivity index (χ1n) is 7.37. The summed E-state index contributed by atoms with van der Waals surface area (Å²) in [6, 6.07) is 15.2. The zero-order valence-corrected chi connectivity index (χ0v) is 13.2. The lowest BCUT2D eigenvalue weighted by atomic mass is 10.0. The second-order valence-corrected chi connectivity index (χ2v) is 5.36. The molecule has 5 nitrogen and oxygen atoms in total. The van der Waals surface area contributed by atoms with Gasteiger partial charge in [0.2, 0.25) is 0 Å². The maximum Gasteiger partial charge on any atom is 0.124 e. The Morgan fingerprint density at radius 3 is 2.22 bits per heavy atom. The number of anilines is 1. The van der Waals surface area contributed by atoms with Gasteiger partial charge in [-0.1, -0.05) is 30.3 Å². The predicted molar refractivity (Wildman–Crippen MR) is 90.4 cm³/mol. The topological polar surface area (TPSA) is 68.0 Å². The number of ether oxygens (including phenoxy) is 2. The quantitative estimate of drug-likeness (QED) is 0.906. The molecule has 2 aromatic rings. The molecule has 3 rings (SSSR count). The minimum absolute atomic E-state index is 0.395. The van der Waals surface area contributed by atoms with Crippen molar-refractivity contribution in [1.29, 1.82) is 0 Å². The number of nitrogens with zero attached hydrogens (tertiary/aromatic N) is 1. The molecule has 3 N–H and O–H groups in total. The summed E-state index contributed by atoms with van der Waals surface area (Å²) in [4.78, 5) is 1.87. The zero-order valence-electron chi connectivity index (χ0n) is 13.2. The van der Waals surface area contributed by atoms with Gasteiger partial charge in [-0.25, -0.2) is 0 Å². The Labute approximate surface area is 135 Å². The van der Waals surface area contributed by atoms with E-state index in [2.05, 4.69) is 0 Å². The maximum absolute atomic E-state index is 10.5. The molecule has 5 heteroatoms. The van der Waals surface area contributed by atoms with Gasteiger partial charge in [0.05, 0.1) is 20.8 Å². The van der Waals surface area contributed by atoms with Crippen molar-refractivity contribution in [3.63, 3.8) is 0 Å². The summed E-state index contributed by atoms with van der Waals surface area (Å²) in [6.45, 7) is 0.395. The third-order valence-corrected chi connectivity index (χ3v) is 3.99. The van der Waals surface area contributed by atoms with Crippen LogP contribution < -0.4 is 20.1 Å². The molecular weight excluding hydrogens is 292 g/mol. The van der Waals surface area contributed by atoms with E-state index in [9.17, 15) is 5.11 Å². The molecule has 0 saturated heterocycles. The summed E-state index contributed by atoms with van der Waals surface area (Å²) in [6.07, 6.45) is -0.644. The van der Waals surface area contributed by atoms with Crippen LogP contribution in [0.15, 0.2) is 54.4 Å². The number of nitrogens with two attached hydrogens (primary N) is 1. The summed E-state index contributed by atoms with van der Waals surface area (Å²) in [5, 5.41) is 10.5. The predicted octanol–water partition coefficient (Wildman–Crippen LogP) is 2.21. The van der Waals surface area contributed by atoms with Crippen LogP contribution in [-0.2, 0) is 0 Å². The monoisotopic (exact) mass is 312 g/mol. The molecule has 2 aromatic carbocycles. The van der Waals surface area contributed by atoms with Crippen LogP contribution in [0.25, 0.3) is 5.57 Å². The van der Waals surface area contributed by atoms with Gasteiger partial charge in [0, 0.05) is 29.5 Å². The highest BCUT2D eigenvalue weighted by atomic mass is 16.5. The molecule has 0 saturated carbocycles. The van der Waals surface area contributed by atoms with Gasteiger partial charge < -0.3 is 25.2 Å². The Morgan fingerprint density at radius 2 is 1.65 bits per heavy atom. The van der Waals surface area contributed by atoms with E-state index in [4.69, 9.17) is 15.2 Å². The Morgan fingerprint density at radius 1 is 1.04 bits per heavy atom. The van der Waals surface area contributed by atoms with E-state index in [0.29, 0.717) is 23.9 Å². The van der Waals surface area contributed by atoms with Crippen molar-refractivity contribution in [2.45, 2.75) is 6.10 Å². The molecule has 0 amide bonds. The minimum Gasteiger partial charge on any atom is -0.497 e. The molecule has 1 heterocycles. The highest BCUT2D eigenvalue weighted by Gasteiger charge is 2.30. The van der Waals surface area contributed by atoms with Crippen molar-refractivity contribution >= 4 is 11.3 Å². The fourth-order valence-corrected chi connectivity index (χ4v) is 2.83. The number of β-amino-alcohol motifs (C(OH)–C–C–N with tert-alkyl or cyclic N) is 1. The second kappa shape index (κ2) is 6.22. The van der Waals surface area contributed by atoms with Crippen LogP contribution in [0.3, 0.4) is 0 Å². The fraction of sp³-hybridized carbons (Fsp3) is 0.222. The lowest BCUT2D eigenvalue weighted by Crippen LogP contribution is -2.26. The number of methoxy groups -OCH3 is 2. The van der Waals surface area contributed by atoms with E-state index in [0.717, 1.165) is 16.8 Å². The fourth-order valence-electron chi connectivity index (χ4n) is 2.83. The van der Waals surface area contributed by atoms with Crippen LogP contribution >= 0.6 is 0 Å². The smallest absolute Gasteiger partial charge is 0.124 e. The Bertz CT molecular complexity index is 706. The van der Waals surface area contributed by atoms with Gasteiger partial charge in [-0.2, -0.15) is 0 Å². The maximum atomic E-state index is 10.5. The average Bonchev–Trinajstić information content (AvgIpc) is 2.89. The molecule has 1 atom stereocenters. The first kappa shape index (κ1) is 15.2. The molecular formula is C18H20N2O3. The van der Waals surface area contributed by atoms with Crippen LogP contribution in [-0.4, -0.2) is 32.0 Å². The number of aliphatic hydroxyl groups excluding tert-OH is 1. The highest BCUT2D eigenvalue weighted by molar-refractivity contribution is 5.79. The van der Waals surface area contributed by atoms with Gasteiger partial charge in [-0.05, 0) is 5.56 Å². The summed E-state index contributed by atoms with van der Waals surface area (Å²) >= 11 is 0. The molecule has 0 fully saturated rings. The molecule has 0 spiro atoms. The van der Waals surface area contributed by atoms with E-state index < -0.39 is 6.10 Å². The molecule has 0 radical (unpaired) electrons. The van der Waals surface area contributed by atoms with Crippen LogP contribution in [0.5, 0.6) is 11.5 Å². The van der Waals surface area contributed by atoms with Gasteiger partial charge >= 0.3 is 0 Å². The van der Waals surface area contributed by atoms with Gasteiger partial charge in [0.15, 0.2) is 0 Å². The first-order valence-corrected chi connectivity index (χ1v) is 7.37. The third-order valence-electron chi connectivity index (χ3n) is 3.99. The number of benzene rings is 2. The molecule has 1 aliphatic rings. The lowest BCUT2D eigenvalue weighted by Gasteiger charge is -2.21. The number of rotatable bonds is 4. The van der Waals surface area contributed by atoms with Gasteiger partial charge in [0.1, 0.15) is 23.4 Å². The van der Waals surface area contributed by atoms with Crippen LogP contribution in [0.4, 0.5) is 5.69 Å². The molecule has 0 aliphatic carbocycles. The third kappa shape index (κ3) is 2.83. The highest BCUT2D eigenvalue weighted by Crippen LogP contribution is 2.36. The summed E-state index contributed by atoms with van der Waals surface area (Å²) < 4.78 is 10.6. The molecule has 23 heavy (non-hydrogen) atoms. The summed E-state index contributed by atoms with van der Waals surface area (Å²) in [5.41, 5.74) is 8.82. The van der Waals surface area contributed by atoms with E-state index in [1.165, 1.54) is 0 Å². The van der Waals surface area contributed by atoms with E-state index >= 15 is 0 Å². The molecule has 1 aliphatic heterocycles. The molecule has 0 bridgehead atoms. The van der Waals surface area contributed by atoms with Crippen molar-refractivity contribution in [3.05, 3.63) is 59.9 Å². The Hall–Kier alpha value is -2.66. The van der Waals surface area contributed by atoms with E-state index in [1.54, 1.807) is 20.3 Å². The van der Waals surface area contributed by atoms with Crippen molar-refractivity contribution in [2.24, 2.45) is 5.73 Å². The Balaban J connectivity index is 2.03. The first-order chi connectivity index (χ1) is 11.1. The van der Waals surface area contributed by atoms with E-state index in [-0.39, 0.29) is 0 Å². The van der Waals surface area contributed by atoms with Crippen LogP contribution in [0.2, 0.25) is 0 Å². The average molecular weight is 312 g/mol.